The number of likely N-dealkylation sites (tertiary alicyclic amines) is 1. The fourth-order valence-electron chi connectivity index (χ4n) is 3.60. The summed E-state index contributed by atoms with van der Waals surface area (Å²) in [6.07, 6.45) is 7.31. The maximum Gasteiger partial charge on any atom is 0.255 e. The standard InChI is InChI=1S/C15H22N2O/c1-11-14(6-7-16(11)2)15(18)17-9-12-4-3-5-13(8-12)10-17/h6-7,12-13H,3-5,8-10H2,1-2H3/t12-,13-/m0/s1. The molecule has 2 aliphatic rings. The van der Waals surface area contributed by atoms with Gasteiger partial charge in [0.05, 0.1) is 5.56 Å². The third kappa shape index (κ3) is 1.96. The highest BCUT2D eigenvalue weighted by atomic mass is 16.2. The van der Waals surface area contributed by atoms with Crippen LogP contribution in [0.3, 0.4) is 0 Å². The Hall–Kier alpha value is -1.25. The maximum atomic E-state index is 12.6. The molecule has 18 heavy (non-hydrogen) atoms. The molecule has 1 aliphatic heterocycles. The molecule has 2 atom stereocenters. The second-order valence-corrected chi connectivity index (χ2v) is 6.03. The minimum Gasteiger partial charge on any atom is -0.354 e. The second-order valence-electron chi connectivity index (χ2n) is 6.03. The molecule has 3 nitrogen and oxygen atoms in total. The summed E-state index contributed by atoms with van der Waals surface area (Å²) in [4.78, 5) is 14.7. The molecule has 98 valence electrons. The highest BCUT2D eigenvalue weighted by Crippen LogP contribution is 2.34. The van der Waals surface area contributed by atoms with Crippen LogP contribution in [0.2, 0.25) is 0 Å². The molecule has 3 rings (SSSR count). The number of piperidine rings is 1. The average Bonchev–Trinajstić information content (AvgIpc) is 2.69. The molecule has 0 spiro atoms. The normalized spacial score (nSPS) is 27.3. The first-order chi connectivity index (χ1) is 8.65. The fraction of sp³-hybridized carbons (Fsp3) is 0.667. The van der Waals surface area contributed by atoms with Crippen molar-refractivity contribution in [2.75, 3.05) is 13.1 Å². The summed E-state index contributed by atoms with van der Waals surface area (Å²) in [5.41, 5.74) is 1.97. The van der Waals surface area contributed by atoms with Crippen molar-refractivity contribution < 1.29 is 4.79 Å². The predicted octanol–water partition coefficient (Wildman–Crippen LogP) is 2.60. The first kappa shape index (κ1) is 11.8. The fourth-order valence-corrected chi connectivity index (χ4v) is 3.60. The Labute approximate surface area is 109 Å². The van der Waals surface area contributed by atoms with Crippen LogP contribution in [0.5, 0.6) is 0 Å². The lowest BCUT2D eigenvalue weighted by Crippen LogP contribution is -2.45. The van der Waals surface area contributed by atoms with Crippen LogP contribution < -0.4 is 0 Å². The van der Waals surface area contributed by atoms with Gasteiger partial charge >= 0.3 is 0 Å². The zero-order chi connectivity index (χ0) is 12.7. The number of nitrogens with zero attached hydrogens (tertiary/aromatic N) is 2. The van der Waals surface area contributed by atoms with Crippen molar-refractivity contribution in [2.24, 2.45) is 18.9 Å². The summed E-state index contributed by atoms with van der Waals surface area (Å²) < 4.78 is 2.03. The summed E-state index contributed by atoms with van der Waals surface area (Å²) in [6.45, 7) is 3.98. The molecule has 3 heteroatoms. The number of rotatable bonds is 1. The van der Waals surface area contributed by atoms with E-state index in [2.05, 4.69) is 4.90 Å². The summed E-state index contributed by atoms with van der Waals surface area (Å²) in [7, 11) is 2.00. The quantitative estimate of drug-likeness (QED) is 0.747. The highest BCUT2D eigenvalue weighted by Gasteiger charge is 2.33. The van der Waals surface area contributed by atoms with Crippen molar-refractivity contribution in [1.82, 2.24) is 9.47 Å². The maximum absolute atomic E-state index is 12.6. The molecule has 0 aromatic carbocycles. The van der Waals surface area contributed by atoms with E-state index in [0.717, 1.165) is 36.2 Å². The van der Waals surface area contributed by atoms with Crippen molar-refractivity contribution in [2.45, 2.75) is 32.6 Å². The number of hydrogen-bond acceptors (Lipinski definition) is 1. The van der Waals surface area contributed by atoms with E-state index in [1.165, 1.54) is 25.7 Å². The molecular weight excluding hydrogens is 224 g/mol. The molecule has 2 fully saturated rings. The molecule has 1 saturated heterocycles. The largest absolute Gasteiger partial charge is 0.354 e. The van der Waals surface area contributed by atoms with E-state index < -0.39 is 0 Å². The Morgan fingerprint density at radius 3 is 2.50 bits per heavy atom. The topological polar surface area (TPSA) is 25.2 Å². The van der Waals surface area contributed by atoms with Crippen LogP contribution in [0.4, 0.5) is 0 Å². The number of hydrogen-bond donors (Lipinski definition) is 0. The van der Waals surface area contributed by atoms with Crippen LogP contribution in [0.25, 0.3) is 0 Å². The molecule has 1 saturated carbocycles. The molecule has 1 aromatic heterocycles. The molecule has 0 radical (unpaired) electrons. The van der Waals surface area contributed by atoms with Gasteiger partial charge in [-0.3, -0.25) is 4.79 Å². The molecule has 1 aromatic rings. The molecule has 1 amide bonds. The lowest BCUT2D eigenvalue weighted by Gasteiger charge is -2.41. The van der Waals surface area contributed by atoms with Crippen molar-refractivity contribution in [3.63, 3.8) is 0 Å². The van der Waals surface area contributed by atoms with Gasteiger partial charge in [-0.2, -0.15) is 0 Å². The van der Waals surface area contributed by atoms with Crippen molar-refractivity contribution in [3.05, 3.63) is 23.5 Å². The summed E-state index contributed by atoms with van der Waals surface area (Å²) in [5.74, 6) is 1.75. The minimum atomic E-state index is 0.240. The van der Waals surface area contributed by atoms with Crippen molar-refractivity contribution >= 4 is 5.91 Å². The summed E-state index contributed by atoms with van der Waals surface area (Å²) >= 11 is 0. The number of carbonyl (C=O) groups excluding carboxylic acids is 1. The zero-order valence-electron chi connectivity index (χ0n) is 11.4. The lowest BCUT2D eigenvalue weighted by atomic mass is 9.78. The molecule has 2 bridgehead atoms. The van der Waals surface area contributed by atoms with E-state index in [-0.39, 0.29) is 5.91 Å². The number of aromatic nitrogens is 1. The van der Waals surface area contributed by atoms with Crippen LogP contribution in [0.15, 0.2) is 12.3 Å². The van der Waals surface area contributed by atoms with Gasteiger partial charge in [0.25, 0.3) is 5.91 Å². The minimum absolute atomic E-state index is 0.240. The van der Waals surface area contributed by atoms with Crippen LogP contribution in [-0.2, 0) is 7.05 Å². The van der Waals surface area contributed by atoms with Gasteiger partial charge in [0.1, 0.15) is 0 Å². The molecule has 0 unspecified atom stereocenters. The Balaban J connectivity index is 1.78. The van der Waals surface area contributed by atoms with E-state index >= 15 is 0 Å². The first-order valence-corrected chi connectivity index (χ1v) is 7.06. The van der Waals surface area contributed by atoms with Crippen molar-refractivity contribution in [1.29, 1.82) is 0 Å². The monoisotopic (exact) mass is 246 g/mol. The summed E-state index contributed by atoms with van der Waals surface area (Å²) in [6, 6.07) is 1.96. The number of aryl methyl sites for hydroxylation is 1. The number of fused-ring (bicyclic) bond motifs is 2. The second kappa shape index (κ2) is 4.45. The summed E-state index contributed by atoms with van der Waals surface area (Å²) in [5, 5.41) is 0. The van der Waals surface area contributed by atoms with Crippen LogP contribution in [0.1, 0.15) is 41.7 Å². The van der Waals surface area contributed by atoms with E-state index in [0.29, 0.717) is 0 Å². The van der Waals surface area contributed by atoms with E-state index in [9.17, 15) is 4.79 Å². The van der Waals surface area contributed by atoms with Gasteiger partial charge in [-0.15, -0.1) is 0 Å². The van der Waals surface area contributed by atoms with Crippen LogP contribution in [0, 0.1) is 18.8 Å². The van der Waals surface area contributed by atoms with Crippen LogP contribution >= 0.6 is 0 Å². The smallest absolute Gasteiger partial charge is 0.255 e. The third-order valence-electron chi connectivity index (χ3n) is 4.75. The van der Waals surface area contributed by atoms with Gasteiger partial charge in [0, 0.05) is 32.0 Å². The number of carbonyl (C=O) groups is 1. The highest BCUT2D eigenvalue weighted by molar-refractivity contribution is 5.95. The van der Waals surface area contributed by atoms with Gasteiger partial charge in [0.2, 0.25) is 0 Å². The molecule has 2 heterocycles. The Morgan fingerprint density at radius 2 is 1.94 bits per heavy atom. The predicted molar refractivity (Wildman–Crippen MR) is 71.5 cm³/mol. The molecular formula is C15H22N2O. The SMILES string of the molecule is Cc1c(C(=O)N2C[C@H]3CCC[C@@H](C3)C2)ccn1C. The van der Waals surface area contributed by atoms with Gasteiger partial charge < -0.3 is 9.47 Å². The van der Waals surface area contributed by atoms with Gasteiger partial charge in [-0.05, 0) is 44.1 Å². The van der Waals surface area contributed by atoms with Crippen LogP contribution in [-0.4, -0.2) is 28.5 Å². The van der Waals surface area contributed by atoms with Gasteiger partial charge in [-0.1, -0.05) is 6.42 Å². The Kier molecular flexibility index (Phi) is 2.92. The molecule has 0 N–H and O–H groups in total. The Bertz CT molecular complexity index is 451. The Morgan fingerprint density at radius 1 is 1.28 bits per heavy atom. The van der Waals surface area contributed by atoms with E-state index in [1.54, 1.807) is 0 Å². The first-order valence-electron chi connectivity index (χ1n) is 7.06. The van der Waals surface area contributed by atoms with Crippen molar-refractivity contribution in [3.8, 4) is 0 Å². The number of amides is 1. The van der Waals surface area contributed by atoms with Gasteiger partial charge in [0.15, 0.2) is 0 Å². The van der Waals surface area contributed by atoms with Gasteiger partial charge in [-0.25, -0.2) is 0 Å². The third-order valence-corrected chi connectivity index (χ3v) is 4.75. The lowest BCUT2D eigenvalue weighted by molar-refractivity contribution is 0.0503. The average molecular weight is 246 g/mol. The van der Waals surface area contributed by atoms with E-state index in [4.69, 9.17) is 0 Å². The molecule has 1 aliphatic carbocycles. The van der Waals surface area contributed by atoms with E-state index in [1.807, 2.05) is 30.8 Å². The zero-order valence-corrected chi connectivity index (χ0v) is 11.4.